The van der Waals surface area contributed by atoms with Crippen molar-refractivity contribution < 1.29 is 29.3 Å². The highest BCUT2D eigenvalue weighted by Gasteiger charge is 2.53. The molecule has 3 atom stereocenters. The third kappa shape index (κ3) is 5.61. The third-order valence-corrected chi connectivity index (χ3v) is 6.54. The molecular formula is C24H31FN4O6. The molecule has 0 spiro atoms. The molecule has 1 aromatic carbocycles. The second kappa shape index (κ2) is 10.0. The number of halogens is 1. The lowest BCUT2D eigenvalue weighted by atomic mass is 9.66. The Morgan fingerprint density at radius 3 is 2.49 bits per heavy atom. The van der Waals surface area contributed by atoms with Gasteiger partial charge in [-0.25, -0.2) is 14.2 Å². The Kier molecular flexibility index (Phi) is 7.49. The molecule has 190 valence electrons. The Morgan fingerprint density at radius 2 is 1.94 bits per heavy atom. The number of nitrogens with zero attached hydrogens (tertiary/aromatic N) is 1. The first-order chi connectivity index (χ1) is 16.4. The molecule has 1 aromatic heterocycles. The summed E-state index contributed by atoms with van der Waals surface area (Å²) in [6.45, 7) is 5.41. The van der Waals surface area contributed by atoms with Crippen molar-refractivity contribution in [1.82, 2.24) is 20.6 Å². The Balaban J connectivity index is 2.04. The van der Waals surface area contributed by atoms with Crippen LogP contribution < -0.4 is 16.2 Å². The Hall–Kier alpha value is -3.47. The molecule has 0 radical (unpaired) electrons. The number of H-pyrrole nitrogens is 1. The van der Waals surface area contributed by atoms with E-state index in [1.807, 2.05) is 20.8 Å². The number of carboxylic acid groups (broad SMARTS) is 1. The van der Waals surface area contributed by atoms with Gasteiger partial charge in [0.25, 0.3) is 11.5 Å². The molecule has 0 saturated heterocycles. The van der Waals surface area contributed by atoms with E-state index in [4.69, 9.17) is 0 Å². The van der Waals surface area contributed by atoms with Crippen molar-refractivity contribution >= 4 is 12.0 Å². The smallest absolute Gasteiger partial charge is 0.404 e. The first-order valence-electron chi connectivity index (χ1n) is 11.3. The van der Waals surface area contributed by atoms with Crippen LogP contribution in [0.3, 0.4) is 0 Å². The van der Waals surface area contributed by atoms with Gasteiger partial charge in [0.15, 0.2) is 5.69 Å². The molecule has 2 amide bonds. The molecule has 1 aliphatic carbocycles. The summed E-state index contributed by atoms with van der Waals surface area (Å²) in [6.07, 6.45) is 0.0113. The molecule has 10 nitrogen and oxygen atoms in total. The second-order valence-corrected chi connectivity index (χ2v) is 10.1. The maximum absolute atomic E-state index is 13.1. The average Bonchev–Trinajstić information content (AvgIpc) is 3.23. The van der Waals surface area contributed by atoms with Crippen molar-refractivity contribution in [2.45, 2.75) is 58.0 Å². The summed E-state index contributed by atoms with van der Waals surface area (Å²) >= 11 is 0. The van der Waals surface area contributed by atoms with Crippen molar-refractivity contribution in [3.05, 3.63) is 57.5 Å². The number of carbonyl (C=O) groups is 2. The molecule has 6 N–H and O–H groups in total. The monoisotopic (exact) mass is 490 g/mol. The van der Waals surface area contributed by atoms with E-state index in [1.54, 1.807) is 0 Å². The van der Waals surface area contributed by atoms with Crippen LogP contribution in [0.2, 0.25) is 0 Å². The minimum absolute atomic E-state index is 0.00524. The maximum Gasteiger partial charge on any atom is 0.404 e. The van der Waals surface area contributed by atoms with Crippen molar-refractivity contribution in [2.75, 3.05) is 6.61 Å². The van der Waals surface area contributed by atoms with Crippen molar-refractivity contribution in [3.8, 4) is 5.75 Å². The third-order valence-electron chi connectivity index (χ3n) is 6.54. The summed E-state index contributed by atoms with van der Waals surface area (Å²) in [5, 5.41) is 34.8. The standard InChI is InChI=1S/C24H31FN4O6/c1-23(2,3)20(29-22(34)35)24(9-8-14(10-24)12-30)21-27-16(17(31)19(33)28-21)18(32)26-11-13-4-6-15(25)7-5-13/h4-7,14,20,29-31H,8-12H2,1-3H3,(H,26,32)(H,34,35)(H,27,28,33)/t14-,20?,24-/m0/s1. The van der Waals surface area contributed by atoms with Gasteiger partial charge >= 0.3 is 6.09 Å². The summed E-state index contributed by atoms with van der Waals surface area (Å²) in [5.74, 6) is -2.20. The molecule has 35 heavy (non-hydrogen) atoms. The number of aliphatic hydroxyl groups is 1. The number of rotatable bonds is 7. The Bertz CT molecular complexity index is 1140. The SMILES string of the molecule is CC(C)(C)C(NC(=O)O)[C@]1(c2nc(C(=O)NCc3ccc(F)cc3)c(O)c(=O)[nH]2)CC[C@H](CO)C1. The topological polar surface area (TPSA) is 165 Å². The number of hydrogen-bond donors (Lipinski definition) is 6. The van der Waals surface area contributed by atoms with Gasteiger partial charge in [-0.05, 0) is 48.3 Å². The van der Waals surface area contributed by atoms with Gasteiger partial charge in [-0.1, -0.05) is 32.9 Å². The van der Waals surface area contributed by atoms with Crippen LogP contribution in [0, 0.1) is 17.2 Å². The van der Waals surface area contributed by atoms with Gasteiger partial charge in [-0.15, -0.1) is 0 Å². The molecule has 0 bridgehead atoms. The van der Waals surface area contributed by atoms with Crippen LogP contribution in [0.4, 0.5) is 9.18 Å². The summed E-state index contributed by atoms with van der Waals surface area (Å²) in [7, 11) is 0. The zero-order valence-corrected chi connectivity index (χ0v) is 19.9. The minimum Gasteiger partial charge on any atom is -0.501 e. The van der Waals surface area contributed by atoms with Crippen LogP contribution in [0.25, 0.3) is 0 Å². The van der Waals surface area contributed by atoms with E-state index in [1.165, 1.54) is 24.3 Å². The van der Waals surface area contributed by atoms with Gasteiger partial charge in [-0.2, -0.15) is 0 Å². The number of hydrogen-bond acceptors (Lipinski definition) is 6. The van der Waals surface area contributed by atoms with Gasteiger partial charge in [0, 0.05) is 24.6 Å². The van der Waals surface area contributed by atoms with Crippen molar-refractivity contribution in [2.24, 2.45) is 11.3 Å². The van der Waals surface area contributed by atoms with Crippen LogP contribution in [0.5, 0.6) is 5.75 Å². The number of aliphatic hydroxyl groups excluding tert-OH is 1. The molecule has 1 unspecified atom stereocenters. The highest BCUT2D eigenvalue weighted by atomic mass is 19.1. The molecule has 2 aromatic rings. The average molecular weight is 491 g/mol. The zero-order chi connectivity index (χ0) is 26.0. The van der Waals surface area contributed by atoms with Crippen LogP contribution in [0.1, 0.15) is 61.9 Å². The van der Waals surface area contributed by atoms with E-state index < -0.39 is 51.7 Å². The highest BCUT2D eigenvalue weighted by molar-refractivity contribution is 5.94. The normalized spacial score (nSPS) is 20.9. The largest absolute Gasteiger partial charge is 0.501 e. The van der Waals surface area contributed by atoms with Gasteiger partial charge in [0.05, 0.1) is 0 Å². The molecule has 0 aliphatic heterocycles. The van der Waals surface area contributed by atoms with E-state index in [0.29, 0.717) is 24.8 Å². The number of amides is 2. The van der Waals surface area contributed by atoms with Gasteiger partial charge < -0.3 is 30.9 Å². The van der Waals surface area contributed by atoms with E-state index in [9.17, 15) is 34.1 Å². The summed E-state index contributed by atoms with van der Waals surface area (Å²) in [6, 6.07) is 4.73. The van der Waals surface area contributed by atoms with Gasteiger partial charge in [0.2, 0.25) is 5.75 Å². The number of aromatic amines is 1. The molecule has 1 aliphatic rings. The van der Waals surface area contributed by atoms with Crippen LogP contribution in [-0.4, -0.2) is 49.9 Å². The lowest BCUT2D eigenvalue weighted by molar-refractivity contribution is 0.0938. The van der Waals surface area contributed by atoms with Crippen molar-refractivity contribution in [3.63, 3.8) is 0 Å². The number of nitrogens with one attached hydrogen (secondary N) is 3. The van der Waals surface area contributed by atoms with Crippen LogP contribution in [-0.2, 0) is 12.0 Å². The molecule has 1 fully saturated rings. The maximum atomic E-state index is 13.1. The zero-order valence-electron chi connectivity index (χ0n) is 19.9. The number of aromatic nitrogens is 2. The van der Waals surface area contributed by atoms with E-state index in [2.05, 4.69) is 20.6 Å². The fraction of sp³-hybridized carbons (Fsp3) is 0.500. The highest BCUT2D eigenvalue weighted by Crippen LogP contribution is 2.49. The minimum atomic E-state index is -1.25. The number of benzene rings is 1. The summed E-state index contributed by atoms with van der Waals surface area (Å²) in [4.78, 5) is 44.1. The predicted octanol–water partition coefficient (Wildman–Crippen LogP) is 2.26. The van der Waals surface area contributed by atoms with Gasteiger partial charge in [0.1, 0.15) is 11.6 Å². The van der Waals surface area contributed by atoms with Gasteiger partial charge in [-0.3, -0.25) is 9.59 Å². The molecule has 1 saturated carbocycles. The molecule has 3 rings (SSSR count). The van der Waals surface area contributed by atoms with Crippen LogP contribution >= 0.6 is 0 Å². The molecule has 1 heterocycles. The molecule has 11 heteroatoms. The molecular weight excluding hydrogens is 459 g/mol. The quantitative estimate of drug-likeness (QED) is 0.346. The summed E-state index contributed by atoms with van der Waals surface area (Å²) < 4.78 is 13.1. The first-order valence-corrected chi connectivity index (χ1v) is 11.3. The lowest BCUT2D eigenvalue weighted by Gasteiger charge is -2.44. The Labute approximate surface area is 201 Å². The van der Waals surface area contributed by atoms with Crippen LogP contribution in [0.15, 0.2) is 29.1 Å². The fourth-order valence-electron chi connectivity index (χ4n) is 4.99. The van der Waals surface area contributed by atoms with E-state index in [-0.39, 0.29) is 24.9 Å². The lowest BCUT2D eigenvalue weighted by Crippen LogP contribution is -2.57. The predicted molar refractivity (Wildman–Crippen MR) is 125 cm³/mol. The van der Waals surface area contributed by atoms with E-state index >= 15 is 0 Å². The first kappa shape index (κ1) is 26.1. The number of carbonyl (C=O) groups excluding carboxylic acids is 1. The Morgan fingerprint density at radius 1 is 1.29 bits per heavy atom. The number of aromatic hydroxyl groups is 1. The summed E-state index contributed by atoms with van der Waals surface area (Å²) in [5.41, 5.74) is -2.49. The fourth-order valence-corrected chi connectivity index (χ4v) is 4.99. The van der Waals surface area contributed by atoms with E-state index in [0.717, 1.165) is 0 Å². The van der Waals surface area contributed by atoms with Crippen molar-refractivity contribution in [1.29, 1.82) is 0 Å². The second-order valence-electron chi connectivity index (χ2n) is 10.1.